The van der Waals surface area contributed by atoms with Crippen LogP contribution in [-0.4, -0.2) is 40.8 Å². The predicted molar refractivity (Wildman–Crippen MR) is 92.8 cm³/mol. The Morgan fingerprint density at radius 1 is 1.48 bits per heavy atom. The number of rotatable bonds is 8. The molecule has 1 aromatic carbocycles. The number of hydrogen-bond donors (Lipinski definition) is 1. The number of nitrogens with one attached hydrogen (secondary N) is 1. The number of anilines is 1. The standard InChI is InChI=1S/C15H21ClN2O4S/c1-5-7-17-15(19)6-8-18(23(4,20)21)13-9-11(2)12(16)10-14(13)22-3/h5,9-10H,1,6-8H2,2-4H3,(H,17,19). The Kier molecular flexibility index (Phi) is 6.90. The number of benzene rings is 1. The largest absolute Gasteiger partial charge is 0.494 e. The molecule has 0 spiro atoms. The highest BCUT2D eigenvalue weighted by molar-refractivity contribution is 7.92. The minimum Gasteiger partial charge on any atom is -0.494 e. The average molecular weight is 361 g/mol. The number of nitrogens with zero attached hydrogens (tertiary/aromatic N) is 1. The molecule has 6 nitrogen and oxygen atoms in total. The van der Waals surface area contributed by atoms with E-state index in [-0.39, 0.29) is 18.9 Å². The third-order valence-corrected chi connectivity index (χ3v) is 4.70. The van der Waals surface area contributed by atoms with Gasteiger partial charge in [0.1, 0.15) is 5.75 Å². The molecule has 0 aliphatic carbocycles. The summed E-state index contributed by atoms with van der Waals surface area (Å²) in [4.78, 5) is 11.7. The summed E-state index contributed by atoms with van der Waals surface area (Å²) in [5, 5.41) is 3.08. The number of sulfonamides is 1. The van der Waals surface area contributed by atoms with Gasteiger partial charge >= 0.3 is 0 Å². The zero-order valence-electron chi connectivity index (χ0n) is 13.4. The van der Waals surface area contributed by atoms with Crippen LogP contribution in [0.5, 0.6) is 5.75 Å². The molecule has 0 bridgehead atoms. The second kappa shape index (κ2) is 8.21. The molecule has 1 rings (SSSR count). The van der Waals surface area contributed by atoms with Gasteiger partial charge in [-0.2, -0.15) is 0 Å². The van der Waals surface area contributed by atoms with Gasteiger partial charge in [0.2, 0.25) is 15.9 Å². The molecule has 0 unspecified atom stereocenters. The molecule has 128 valence electrons. The van der Waals surface area contributed by atoms with E-state index in [0.29, 0.717) is 28.6 Å². The molecule has 0 saturated heterocycles. The van der Waals surface area contributed by atoms with E-state index in [4.69, 9.17) is 16.3 Å². The predicted octanol–water partition coefficient (Wildman–Crippen LogP) is 2.12. The Morgan fingerprint density at radius 3 is 2.65 bits per heavy atom. The third-order valence-electron chi connectivity index (χ3n) is 3.11. The van der Waals surface area contributed by atoms with Crippen molar-refractivity contribution in [2.45, 2.75) is 13.3 Å². The van der Waals surface area contributed by atoms with Crippen LogP contribution in [0.25, 0.3) is 0 Å². The second-order valence-electron chi connectivity index (χ2n) is 4.95. The number of methoxy groups -OCH3 is 1. The Hall–Kier alpha value is -1.73. The zero-order valence-corrected chi connectivity index (χ0v) is 15.0. The topological polar surface area (TPSA) is 75.7 Å². The highest BCUT2D eigenvalue weighted by Gasteiger charge is 2.23. The summed E-state index contributed by atoms with van der Waals surface area (Å²) in [6.45, 7) is 5.61. The molecule has 0 radical (unpaired) electrons. The van der Waals surface area contributed by atoms with Gasteiger partial charge in [0.15, 0.2) is 0 Å². The van der Waals surface area contributed by atoms with Crippen molar-refractivity contribution >= 4 is 33.2 Å². The number of carbonyl (C=O) groups excluding carboxylic acids is 1. The highest BCUT2D eigenvalue weighted by Crippen LogP contribution is 2.35. The third kappa shape index (κ3) is 5.44. The Balaban J connectivity index is 3.11. The van der Waals surface area contributed by atoms with Crippen LogP contribution >= 0.6 is 11.6 Å². The number of amides is 1. The molecule has 0 aromatic heterocycles. The van der Waals surface area contributed by atoms with Gasteiger partial charge in [-0.1, -0.05) is 17.7 Å². The smallest absolute Gasteiger partial charge is 0.232 e. The summed E-state index contributed by atoms with van der Waals surface area (Å²) in [6.07, 6.45) is 2.65. The van der Waals surface area contributed by atoms with Crippen LogP contribution in [0, 0.1) is 6.92 Å². The molecule has 0 aliphatic heterocycles. The molecule has 23 heavy (non-hydrogen) atoms. The van der Waals surface area contributed by atoms with Crippen LogP contribution in [-0.2, 0) is 14.8 Å². The summed E-state index contributed by atoms with van der Waals surface area (Å²) in [6, 6.07) is 3.19. The number of aryl methyl sites for hydroxylation is 1. The first-order chi connectivity index (χ1) is 10.7. The van der Waals surface area contributed by atoms with E-state index in [2.05, 4.69) is 11.9 Å². The first kappa shape index (κ1) is 19.3. The van der Waals surface area contributed by atoms with Crippen molar-refractivity contribution in [2.75, 3.05) is 30.8 Å². The van der Waals surface area contributed by atoms with Gasteiger partial charge in [-0.25, -0.2) is 8.42 Å². The fourth-order valence-corrected chi connectivity index (χ4v) is 3.03. The molecule has 0 heterocycles. The van der Waals surface area contributed by atoms with E-state index in [0.717, 1.165) is 10.6 Å². The Labute approximate surface area is 142 Å². The highest BCUT2D eigenvalue weighted by atomic mass is 35.5. The van der Waals surface area contributed by atoms with Crippen molar-refractivity contribution in [1.29, 1.82) is 0 Å². The lowest BCUT2D eigenvalue weighted by atomic mass is 10.2. The Bertz CT molecular complexity index is 689. The molecule has 0 atom stereocenters. The van der Waals surface area contributed by atoms with Crippen LogP contribution < -0.4 is 14.4 Å². The van der Waals surface area contributed by atoms with Crippen molar-refractivity contribution in [2.24, 2.45) is 0 Å². The van der Waals surface area contributed by atoms with E-state index in [1.807, 2.05) is 0 Å². The maximum atomic E-state index is 12.1. The number of hydrogen-bond acceptors (Lipinski definition) is 4. The summed E-state index contributed by atoms with van der Waals surface area (Å²) in [7, 11) is -2.15. The van der Waals surface area contributed by atoms with E-state index >= 15 is 0 Å². The quantitative estimate of drug-likeness (QED) is 0.720. The van der Waals surface area contributed by atoms with Gasteiger partial charge in [0.25, 0.3) is 0 Å². The number of ether oxygens (including phenoxy) is 1. The van der Waals surface area contributed by atoms with Crippen molar-refractivity contribution in [3.8, 4) is 5.75 Å². The van der Waals surface area contributed by atoms with Gasteiger partial charge in [-0.15, -0.1) is 6.58 Å². The van der Waals surface area contributed by atoms with E-state index in [9.17, 15) is 13.2 Å². The van der Waals surface area contributed by atoms with Crippen molar-refractivity contribution in [3.05, 3.63) is 35.4 Å². The maximum Gasteiger partial charge on any atom is 0.232 e. The monoisotopic (exact) mass is 360 g/mol. The lowest BCUT2D eigenvalue weighted by Gasteiger charge is -2.24. The summed E-state index contributed by atoms with van der Waals surface area (Å²) in [5.41, 5.74) is 1.07. The van der Waals surface area contributed by atoms with Crippen molar-refractivity contribution in [3.63, 3.8) is 0 Å². The molecular formula is C15H21ClN2O4S. The van der Waals surface area contributed by atoms with Gasteiger partial charge in [-0.05, 0) is 18.6 Å². The zero-order chi connectivity index (χ0) is 17.6. The first-order valence-electron chi connectivity index (χ1n) is 6.90. The second-order valence-corrected chi connectivity index (χ2v) is 7.27. The fourth-order valence-electron chi connectivity index (χ4n) is 1.95. The molecule has 0 saturated carbocycles. The average Bonchev–Trinajstić information content (AvgIpc) is 2.47. The van der Waals surface area contributed by atoms with Crippen LogP contribution in [0.4, 0.5) is 5.69 Å². The molecule has 1 amide bonds. The van der Waals surface area contributed by atoms with Gasteiger partial charge in [0, 0.05) is 30.6 Å². The minimum atomic E-state index is -3.59. The SMILES string of the molecule is C=CCNC(=O)CCN(c1cc(C)c(Cl)cc1OC)S(C)(=O)=O. The molecule has 8 heteroatoms. The van der Waals surface area contributed by atoms with Crippen LogP contribution in [0.2, 0.25) is 5.02 Å². The van der Waals surface area contributed by atoms with Crippen molar-refractivity contribution in [1.82, 2.24) is 5.32 Å². The lowest BCUT2D eigenvalue weighted by molar-refractivity contribution is -0.120. The summed E-state index contributed by atoms with van der Waals surface area (Å²) < 4.78 is 30.6. The van der Waals surface area contributed by atoms with E-state index in [1.165, 1.54) is 7.11 Å². The molecule has 0 fully saturated rings. The fraction of sp³-hybridized carbons (Fsp3) is 0.400. The molecule has 1 aromatic rings. The van der Waals surface area contributed by atoms with E-state index in [1.54, 1.807) is 25.1 Å². The lowest BCUT2D eigenvalue weighted by Crippen LogP contribution is -2.35. The molecular weight excluding hydrogens is 340 g/mol. The maximum absolute atomic E-state index is 12.1. The molecule has 1 N–H and O–H groups in total. The van der Waals surface area contributed by atoms with Crippen molar-refractivity contribution < 1.29 is 17.9 Å². The van der Waals surface area contributed by atoms with Crippen LogP contribution in [0.1, 0.15) is 12.0 Å². The summed E-state index contributed by atoms with van der Waals surface area (Å²) in [5.74, 6) is 0.0701. The van der Waals surface area contributed by atoms with Crippen LogP contribution in [0.3, 0.4) is 0 Å². The van der Waals surface area contributed by atoms with Crippen LogP contribution in [0.15, 0.2) is 24.8 Å². The van der Waals surface area contributed by atoms with E-state index < -0.39 is 10.0 Å². The van der Waals surface area contributed by atoms with Gasteiger partial charge < -0.3 is 10.1 Å². The van der Waals surface area contributed by atoms with Gasteiger partial charge in [-0.3, -0.25) is 9.10 Å². The minimum absolute atomic E-state index is 0.000752. The number of halogens is 1. The normalized spacial score (nSPS) is 11.0. The summed E-state index contributed by atoms with van der Waals surface area (Å²) >= 11 is 6.05. The van der Waals surface area contributed by atoms with Gasteiger partial charge in [0.05, 0.1) is 19.1 Å². The molecule has 0 aliphatic rings. The first-order valence-corrected chi connectivity index (χ1v) is 9.12. The number of carbonyl (C=O) groups is 1. The Morgan fingerprint density at radius 2 is 2.13 bits per heavy atom.